The number of hydrogen-bond acceptors (Lipinski definition) is 6. The van der Waals surface area contributed by atoms with Gasteiger partial charge in [-0.1, -0.05) is 29.5 Å². The Morgan fingerprint density at radius 2 is 1.92 bits per heavy atom. The molecule has 36 heavy (non-hydrogen) atoms. The lowest BCUT2D eigenvalue weighted by atomic mass is 10.1. The molecule has 1 aliphatic heterocycles. The summed E-state index contributed by atoms with van der Waals surface area (Å²) in [6.07, 6.45) is 3.98. The number of likely N-dealkylation sites (N-methyl/N-ethyl adjacent to an activating group) is 1. The summed E-state index contributed by atoms with van der Waals surface area (Å²) in [5.41, 5.74) is 1.64. The molecule has 2 N–H and O–H groups in total. The summed E-state index contributed by atoms with van der Waals surface area (Å²) in [6.45, 7) is 5.20. The number of ether oxygens (including phenoxy) is 1. The van der Waals surface area contributed by atoms with Gasteiger partial charge in [-0.2, -0.15) is 0 Å². The lowest BCUT2D eigenvalue weighted by Gasteiger charge is -2.21. The number of amides is 2. The van der Waals surface area contributed by atoms with Crippen LogP contribution < -0.4 is 15.0 Å². The smallest absolute Gasteiger partial charge is 0.270 e. The van der Waals surface area contributed by atoms with Gasteiger partial charge in [0.05, 0.1) is 0 Å². The number of anilines is 1. The second-order valence-corrected chi connectivity index (χ2v) is 9.27. The van der Waals surface area contributed by atoms with Crippen LogP contribution in [-0.2, 0) is 11.2 Å². The molecule has 0 aliphatic carbocycles. The molecule has 0 bridgehead atoms. The zero-order valence-electron chi connectivity index (χ0n) is 20.7. The van der Waals surface area contributed by atoms with Crippen molar-refractivity contribution in [1.82, 2.24) is 15.3 Å². The van der Waals surface area contributed by atoms with Crippen LogP contribution >= 0.6 is 0 Å². The van der Waals surface area contributed by atoms with Crippen LogP contribution in [0.1, 0.15) is 47.4 Å². The number of carbonyl (C=O) groups is 2. The van der Waals surface area contributed by atoms with E-state index in [0.717, 1.165) is 11.1 Å². The first kappa shape index (κ1) is 24.9. The summed E-state index contributed by atoms with van der Waals surface area (Å²) < 4.78 is 5.84. The van der Waals surface area contributed by atoms with Crippen LogP contribution in [0.25, 0.3) is 0 Å². The first-order valence-electron chi connectivity index (χ1n) is 11.6. The number of nitrogens with one attached hydrogen (secondary N) is 1. The summed E-state index contributed by atoms with van der Waals surface area (Å²) in [4.78, 5) is 36.1. The largest absolute Gasteiger partial charge is 0.457 e. The monoisotopic (exact) mass is 484 g/mol. The van der Waals surface area contributed by atoms with E-state index in [1.165, 1.54) is 11.1 Å². The van der Waals surface area contributed by atoms with Crippen molar-refractivity contribution in [2.75, 3.05) is 11.9 Å². The predicted octanol–water partition coefficient (Wildman–Crippen LogP) is 3.41. The Kier molecular flexibility index (Phi) is 7.04. The maximum Gasteiger partial charge on any atom is 0.270 e. The number of benzene rings is 1. The minimum atomic E-state index is -1.12. The Hall–Kier alpha value is -4.22. The molecule has 8 heteroatoms. The average molecular weight is 485 g/mol. The van der Waals surface area contributed by atoms with Crippen molar-refractivity contribution < 1.29 is 19.4 Å². The van der Waals surface area contributed by atoms with Gasteiger partial charge in [0, 0.05) is 31.1 Å². The Morgan fingerprint density at radius 1 is 1.17 bits per heavy atom. The van der Waals surface area contributed by atoms with Crippen molar-refractivity contribution in [3.05, 3.63) is 77.2 Å². The molecule has 0 saturated carbocycles. The van der Waals surface area contributed by atoms with E-state index in [1.807, 2.05) is 37.3 Å². The molecule has 3 aromatic rings. The van der Waals surface area contributed by atoms with E-state index < -0.39 is 17.6 Å². The van der Waals surface area contributed by atoms with E-state index in [0.29, 0.717) is 35.7 Å². The van der Waals surface area contributed by atoms with Gasteiger partial charge in [0.1, 0.15) is 34.7 Å². The highest BCUT2D eigenvalue weighted by Gasteiger charge is 2.30. The highest BCUT2D eigenvalue weighted by Crippen LogP contribution is 2.25. The maximum atomic E-state index is 13.1. The molecule has 0 saturated heterocycles. The van der Waals surface area contributed by atoms with Gasteiger partial charge in [-0.3, -0.25) is 19.5 Å². The van der Waals surface area contributed by atoms with Crippen molar-refractivity contribution >= 4 is 17.6 Å². The maximum absolute atomic E-state index is 13.1. The van der Waals surface area contributed by atoms with Crippen LogP contribution in [0, 0.1) is 18.8 Å². The third-order valence-corrected chi connectivity index (χ3v) is 5.63. The molecule has 0 radical (unpaired) electrons. The SMILES string of the molecule is Cc1ccc(Oc2ccnc(C(=O)NC3CCc4cc(C#CC(C)(C)O)cnc4N(C)C3=O)c2)cc1. The topological polar surface area (TPSA) is 105 Å². The van der Waals surface area contributed by atoms with Gasteiger partial charge in [-0.05, 0) is 63.4 Å². The van der Waals surface area contributed by atoms with Crippen LogP contribution in [-0.4, -0.2) is 45.6 Å². The van der Waals surface area contributed by atoms with Gasteiger partial charge < -0.3 is 15.2 Å². The fourth-order valence-electron chi connectivity index (χ4n) is 3.75. The van der Waals surface area contributed by atoms with Gasteiger partial charge in [-0.25, -0.2) is 4.98 Å². The molecular formula is C28H28N4O4. The van der Waals surface area contributed by atoms with E-state index in [2.05, 4.69) is 27.1 Å². The van der Waals surface area contributed by atoms with E-state index in [9.17, 15) is 14.7 Å². The third kappa shape index (κ3) is 6.06. The summed E-state index contributed by atoms with van der Waals surface area (Å²) in [7, 11) is 1.63. The lowest BCUT2D eigenvalue weighted by molar-refractivity contribution is -0.120. The summed E-state index contributed by atoms with van der Waals surface area (Å²) in [6, 6.07) is 11.9. The molecule has 0 fully saturated rings. The quantitative estimate of drug-likeness (QED) is 0.550. The molecular weight excluding hydrogens is 456 g/mol. The zero-order valence-corrected chi connectivity index (χ0v) is 20.7. The Bertz CT molecular complexity index is 1350. The number of nitrogens with zero attached hydrogens (tertiary/aromatic N) is 3. The van der Waals surface area contributed by atoms with Crippen molar-refractivity contribution in [2.24, 2.45) is 0 Å². The number of fused-ring (bicyclic) bond motifs is 1. The molecule has 0 spiro atoms. The highest BCUT2D eigenvalue weighted by atomic mass is 16.5. The standard InChI is InChI=1S/C28H28N4O4/c1-18-5-8-21(9-6-18)36-22-12-14-29-24(16-22)26(33)31-23-10-7-20-15-19(11-13-28(2,3)35)17-30-25(20)32(4)27(23)34/h5-6,8-9,12,14-17,23,35H,7,10H2,1-4H3,(H,31,33). The van der Waals surface area contributed by atoms with E-state index in [-0.39, 0.29) is 11.6 Å². The summed E-state index contributed by atoms with van der Waals surface area (Å²) in [5, 5.41) is 12.7. The van der Waals surface area contributed by atoms with Gasteiger partial charge in [0.2, 0.25) is 5.91 Å². The normalized spacial score (nSPS) is 15.3. The molecule has 1 unspecified atom stereocenters. The second-order valence-electron chi connectivity index (χ2n) is 9.27. The van der Waals surface area contributed by atoms with E-state index in [1.54, 1.807) is 39.2 Å². The number of carbonyl (C=O) groups excluding carboxylic acids is 2. The minimum absolute atomic E-state index is 0.152. The Morgan fingerprint density at radius 3 is 2.64 bits per heavy atom. The van der Waals surface area contributed by atoms with Gasteiger partial charge in [0.15, 0.2) is 0 Å². The van der Waals surface area contributed by atoms with Crippen LogP contribution in [0.2, 0.25) is 0 Å². The van der Waals surface area contributed by atoms with E-state index in [4.69, 9.17) is 4.74 Å². The molecule has 1 aliphatic rings. The second kappa shape index (κ2) is 10.2. The molecule has 1 atom stereocenters. The van der Waals surface area contributed by atoms with E-state index >= 15 is 0 Å². The molecule has 8 nitrogen and oxygen atoms in total. The zero-order chi connectivity index (χ0) is 25.9. The Labute approximate surface area is 210 Å². The molecule has 184 valence electrons. The lowest BCUT2D eigenvalue weighted by Crippen LogP contribution is -2.47. The number of rotatable bonds is 4. The van der Waals surface area contributed by atoms with Crippen molar-refractivity contribution in [3.8, 4) is 23.3 Å². The van der Waals surface area contributed by atoms with Crippen molar-refractivity contribution in [1.29, 1.82) is 0 Å². The first-order chi connectivity index (χ1) is 17.1. The number of aromatic nitrogens is 2. The predicted molar refractivity (Wildman–Crippen MR) is 136 cm³/mol. The van der Waals surface area contributed by atoms with Crippen LogP contribution in [0.4, 0.5) is 5.82 Å². The van der Waals surface area contributed by atoms with Gasteiger partial charge in [0.25, 0.3) is 5.91 Å². The molecule has 4 rings (SSSR count). The fourth-order valence-corrected chi connectivity index (χ4v) is 3.75. The van der Waals surface area contributed by atoms with Gasteiger partial charge in [-0.15, -0.1) is 0 Å². The average Bonchev–Trinajstić information content (AvgIpc) is 2.96. The van der Waals surface area contributed by atoms with Crippen LogP contribution in [0.15, 0.2) is 54.9 Å². The molecule has 3 heterocycles. The van der Waals surface area contributed by atoms with Crippen LogP contribution in [0.3, 0.4) is 0 Å². The third-order valence-electron chi connectivity index (χ3n) is 5.63. The first-order valence-corrected chi connectivity index (χ1v) is 11.6. The molecule has 2 amide bonds. The number of aliphatic hydroxyl groups is 1. The fraction of sp³-hybridized carbons (Fsp3) is 0.286. The molecule has 1 aromatic carbocycles. The van der Waals surface area contributed by atoms with Crippen molar-refractivity contribution in [3.63, 3.8) is 0 Å². The Balaban J connectivity index is 1.47. The number of pyridine rings is 2. The van der Waals surface area contributed by atoms with Crippen LogP contribution in [0.5, 0.6) is 11.5 Å². The number of hydrogen-bond donors (Lipinski definition) is 2. The molecule has 2 aromatic heterocycles. The highest BCUT2D eigenvalue weighted by molar-refractivity contribution is 6.02. The van der Waals surface area contributed by atoms with Gasteiger partial charge >= 0.3 is 0 Å². The summed E-state index contributed by atoms with van der Waals surface area (Å²) in [5.74, 6) is 6.60. The minimum Gasteiger partial charge on any atom is -0.457 e. The number of aryl methyl sites for hydroxylation is 2. The summed E-state index contributed by atoms with van der Waals surface area (Å²) >= 11 is 0. The van der Waals surface area contributed by atoms with Crippen molar-refractivity contribution in [2.45, 2.75) is 45.3 Å².